The average Bonchev–Trinajstić information content (AvgIpc) is 2.64. The van der Waals surface area contributed by atoms with Crippen molar-refractivity contribution in [1.82, 2.24) is 4.98 Å². The summed E-state index contributed by atoms with van der Waals surface area (Å²) in [7, 11) is -3.59. The number of nitrogens with one attached hydrogen (secondary N) is 2. The van der Waals surface area contributed by atoms with Crippen LogP contribution in [0.25, 0.3) is 0 Å². The lowest BCUT2D eigenvalue weighted by Gasteiger charge is -2.23. The number of rotatable bonds is 6. The van der Waals surface area contributed by atoms with Gasteiger partial charge in [0.25, 0.3) is 10.0 Å². The molecule has 1 fully saturated rings. The summed E-state index contributed by atoms with van der Waals surface area (Å²) in [6.45, 7) is 2.04. The molecule has 134 valence electrons. The SMILES string of the molecule is CCc1ccc(S(=O)(=O)Nc2ccc(NC3CCCCC3)nc2)cc1. The molecule has 25 heavy (non-hydrogen) atoms. The Morgan fingerprint density at radius 3 is 2.36 bits per heavy atom. The first kappa shape index (κ1) is 17.7. The first-order valence-electron chi connectivity index (χ1n) is 8.91. The van der Waals surface area contributed by atoms with Gasteiger partial charge in [0.15, 0.2) is 0 Å². The molecule has 1 aliphatic carbocycles. The molecular weight excluding hydrogens is 334 g/mol. The van der Waals surface area contributed by atoms with E-state index in [-0.39, 0.29) is 4.90 Å². The van der Waals surface area contributed by atoms with E-state index in [1.54, 1.807) is 24.4 Å². The van der Waals surface area contributed by atoms with E-state index in [9.17, 15) is 8.42 Å². The van der Waals surface area contributed by atoms with E-state index in [1.165, 1.54) is 32.1 Å². The molecule has 0 amide bonds. The summed E-state index contributed by atoms with van der Waals surface area (Å²) in [6.07, 6.45) is 8.61. The minimum absolute atomic E-state index is 0.258. The van der Waals surface area contributed by atoms with Crippen LogP contribution in [-0.2, 0) is 16.4 Å². The fraction of sp³-hybridized carbons (Fsp3) is 0.421. The molecule has 0 radical (unpaired) electrons. The first-order chi connectivity index (χ1) is 12.1. The molecule has 1 aromatic carbocycles. The molecule has 0 saturated heterocycles. The molecule has 6 heteroatoms. The minimum atomic E-state index is -3.59. The third-order valence-corrected chi connectivity index (χ3v) is 6.01. The highest BCUT2D eigenvalue weighted by molar-refractivity contribution is 7.92. The second-order valence-corrected chi connectivity index (χ2v) is 8.20. The van der Waals surface area contributed by atoms with Crippen molar-refractivity contribution in [3.63, 3.8) is 0 Å². The number of benzene rings is 1. The second kappa shape index (κ2) is 7.87. The maximum Gasteiger partial charge on any atom is 0.261 e. The molecule has 5 nitrogen and oxygen atoms in total. The van der Waals surface area contributed by atoms with Crippen LogP contribution < -0.4 is 10.0 Å². The molecule has 0 bridgehead atoms. The fourth-order valence-electron chi connectivity index (χ4n) is 3.11. The van der Waals surface area contributed by atoms with Gasteiger partial charge >= 0.3 is 0 Å². The van der Waals surface area contributed by atoms with Gasteiger partial charge in [-0.25, -0.2) is 13.4 Å². The number of sulfonamides is 1. The Labute approximate surface area is 149 Å². The molecule has 1 aliphatic rings. The Morgan fingerprint density at radius 1 is 1.04 bits per heavy atom. The predicted molar refractivity (Wildman–Crippen MR) is 101 cm³/mol. The highest BCUT2D eigenvalue weighted by atomic mass is 32.2. The van der Waals surface area contributed by atoms with Crippen molar-refractivity contribution in [2.75, 3.05) is 10.0 Å². The number of aromatic nitrogens is 1. The van der Waals surface area contributed by atoms with Gasteiger partial charge in [-0.1, -0.05) is 38.3 Å². The lowest BCUT2D eigenvalue weighted by atomic mass is 9.95. The molecule has 1 saturated carbocycles. The number of nitrogens with zero attached hydrogens (tertiary/aromatic N) is 1. The van der Waals surface area contributed by atoms with Crippen LogP contribution in [-0.4, -0.2) is 19.4 Å². The third-order valence-electron chi connectivity index (χ3n) is 4.61. The van der Waals surface area contributed by atoms with Gasteiger partial charge in [0.1, 0.15) is 5.82 Å². The number of hydrogen-bond donors (Lipinski definition) is 2. The lowest BCUT2D eigenvalue weighted by Crippen LogP contribution is -2.22. The van der Waals surface area contributed by atoms with E-state index >= 15 is 0 Å². The smallest absolute Gasteiger partial charge is 0.261 e. The van der Waals surface area contributed by atoms with Crippen molar-refractivity contribution in [3.8, 4) is 0 Å². The van der Waals surface area contributed by atoms with E-state index in [4.69, 9.17) is 0 Å². The van der Waals surface area contributed by atoms with Crippen LogP contribution in [0.15, 0.2) is 47.5 Å². The number of pyridine rings is 1. The summed E-state index contributed by atoms with van der Waals surface area (Å²) in [5, 5.41) is 3.43. The largest absolute Gasteiger partial charge is 0.367 e. The second-order valence-electron chi connectivity index (χ2n) is 6.51. The zero-order valence-electron chi connectivity index (χ0n) is 14.5. The molecule has 0 spiro atoms. The van der Waals surface area contributed by atoms with E-state index in [2.05, 4.69) is 15.0 Å². The lowest BCUT2D eigenvalue weighted by molar-refractivity contribution is 0.462. The molecular formula is C19H25N3O2S. The van der Waals surface area contributed by atoms with Gasteiger partial charge in [-0.15, -0.1) is 0 Å². The summed E-state index contributed by atoms with van der Waals surface area (Å²) in [6, 6.07) is 11.0. The van der Waals surface area contributed by atoms with Crippen LogP contribution >= 0.6 is 0 Å². The third kappa shape index (κ3) is 4.72. The maximum atomic E-state index is 12.4. The number of hydrogen-bond acceptors (Lipinski definition) is 4. The van der Waals surface area contributed by atoms with Crippen LogP contribution in [0.4, 0.5) is 11.5 Å². The first-order valence-corrected chi connectivity index (χ1v) is 10.4. The van der Waals surface area contributed by atoms with Crippen molar-refractivity contribution in [3.05, 3.63) is 48.2 Å². The highest BCUT2D eigenvalue weighted by Crippen LogP contribution is 2.22. The van der Waals surface area contributed by atoms with Crippen molar-refractivity contribution in [2.24, 2.45) is 0 Å². The van der Waals surface area contributed by atoms with Gasteiger partial charge in [-0.3, -0.25) is 4.72 Å². The zero-order valence-corrected chi connectivity index (χ0v) is 15.3. The predicted octanol–water partition coefficient (Wildman–Crippen LogP) is 4.19. The normalized spacial score (nSPS) is 15.7. The summed E-state index contributed by atoms with van der Waals surface area (Å²) < 4.78 is 27.5. The number of aryl methyl sites for hydroxylation is 1. The summed E-state index contributed by atoms with van der Waals surface area (Å²) in [4.78, 5) is 4.60. The Balaban J connectivity index is 1.65. The van der Waals surface area contributed by atoms with E-state index in [0.717, 1.165) is 17.8 Å². The monoisotopic (exact) mass is 359 g/mol. The summed E-state index contributed by atoms with van der Waals surface area (Å²) >= 11 is 0. The molecule has 1 aromatic heterocycles. The van der Waals surface area contributed by atoms with E-state index < -0.39 is 10.0 Å². The summed E-state index contributed by atoms with van der Waals surface area (Å²) in [5.41, 5.74) is 1.58. The van der Waals surface area contributed by atoms with Gasteiger partial charge in [0, 0.05) is 6.04 Å². The molecule has 2 N–H and O–H groups in total. The van der Waals surface area contributed by atoms with Gasteiger partial charge in [-0.2, -0.15) is 0 Å². The molecule has 0 atom stereocenters. The zero-order chi connectivity index (χ0) is 17.7. The van der Waals surface area contributed by atoms with Crippen LogP contribution in [0.5, 0.6) is 0 Å². The topological polar surface area (TPSA) is 71.1 Å². The van der Waals surface area contributed by atoms with Crippen molar-refractivity contribution < 1.29 is 8.42 Å². The Kier molecular flexibility index (Phi) is 5.58. The van der Waals surface area contributed by atoms with Crippen molar-refractivity contribution in [1.29, 1.82) is 0 Å². The molecule has 1 heterocycles. The Bertz CT molecular complexity index is 780. The van der Waals surface area contributed by atoms with Gasteiger partial charge < -0.3 is 5.32 Å². The average molecular weight is 359 g/mol. The minimum Gasteiger partial charge on any atom is -0.367 e. The van der Waals surface area contributed by atoms with E-state index in [0.29, 0.717) is 11.7 Å². The molecule has 0 unspecified atom stereocenters. The molecule has 0 aliphatic heterocycles. The van der Waals surface area contributed by atoms with Gasteiger partial charge in [-0.05, 0) is 49.1 Å². The van der Waals surface area contributed by atoms with Crippen LogP contribution in [0, 0.1) is 0 Å². The highest BCUT2D eigenvalue weighted by Gasteiger charge is 2.15. The standard InChI is InChI=1S/C19H25N3O2S/c1-2-15-8-11-18(12-9-15)25(23,24)22-17-10-13-19(20-14-17)21-16-6-4-3-5-7-16/h8-14,16,22H,2-7H2,1H3,(H,20,21). The van der Waals surface area contributed by atoms with Gasteiger partial charge in [0.2, 0.25) is 0 Å². The Morgan fingerprint density at radius 2 is 1.76 bits per heavy atom. The number of anilines is 2. The van der Waals surface area contributed by atoms with Crippen LogP contribution in [0.1, 0.15) is 44.6 Å². The molecule has 3 rings (SSSR count). The van der Waals surface area contributed by atoms with Gasteiger partial charge in [0.05, 0.1) is 16.8 Å². The Hall–Kier alpha value is -2.08. The van der Waals surface area contributed by atoms with Crippen LogP contribution in [0.3, 0.4) is 0 Å². The van der Waals surface area contributed by atoms with Crippen molar-refractivity contribution in [2.45, 2.75) is 56.4 Å². The van der Waals surface area contributed by atoms with E-state index in [1.807, 2.05) is 25.1 Å². The molecule has 2 aromatic rings. The quantitative estimate of drug-likeness (QED) is 0.811. The summed E-state index contributed by atoms with van der Waals surface area (Å²) in [5.74, 6) is 0.794. The van der Waals surface area contributed by atoms with Crippen molar-refractivity contribution >= 4 is 21.5 Å². The fourth-order valence-corrected chi connectivity index (χ4v) is 4.16. The maximum absolute atomic E-state index is 12.4. The van der Waals surface area contributed by atoms with Crippen LogP contribution in [0.2, 0.25) is 0 Å².